The Hall–Kier alpha value is -4.44. The van der Waals surface area contributed by atoms with E-state index in [0.29, 0.717) is 0 Å². The summed E-state index contributed by atoms with van der Waals surface area (Å²) in [6.07, 6.45) is 7.97. The predicted molar refractivity (Wildman–Crippen MR) is 131 cm³/mol. The van der Waals surface area contributed by atoms with E-state index in [1.54, 1.807) is 0 Å². The molecular weight excluding hydrogens is 392 g/mol. The molecule has 0 N–H and O–H groups in total. The lowest BCUT2D eigenvalue weighted by Crippen LogP contribution is -2.00. The average Bonchev–Trinajstić information content (AvgIpc) is 3.41. The Kier molecular flexibility index (Phi) is 4.40. The number of para-hydroxylation sites is 2. The molecule has 0 atom stereocenters. The lowest BCUT2D eigenvalue weighted by Gasteiger charge is -2.09. The first-order valence-corrected chi connectivity index (χ1v) is 10.6. The second kappa shape index (κ2) is 7.67. The van der Waals surface area contributed by atoms with E-state index in [0.717, 1.165) is 34.1 Å². The van der Waals surface area contributed by atoms with Crippen molar-refractivity contribution < 1.29 is 0 Å². The van der Waals surface area contributed by atoms with Gasteiger partial charge in [-0.2, -0.15) is 0 Å². The Labute approximate surface area is 185 Å². The molecule has 4 nitrogen and oxygen atoms in total. The third-order valence-corrected chi connectivity index (χ3v) is 5.66. The highest BCUT2D eigenvalue weighted by Crippen LogP contribution is 2.27. The summed E-state index contributed by atoms with van der Waals surface area (Å²) < 4.78 is 4.39. The quantitative estimate of drug-likeness (QED) is 0.330. The molecule has 0 bridgehead atoms. The zero-order chi connectivity index (χ0) is 21.3. The van der Waals surface area contributed by atoms with Gasteiger partial charge in [-0.3, -0.25) is 9.13 Å². The van der Waals surface area contributed by atoms with Crippen molar-refractivity contribution in [1.29, 1.82) is 0 Å². The van der Waals surface area contributed by atoms with Gasteiger partial charge in [-0.1, -0.05) is 48.5 Å². The molecule has 0 aliphatic rings. The molecule has 0 amide bonds. The molecule has 4 heterocycles. The van der Waals surface area contributed by atoms with E-state index in [4.69, 9.17) is 0 Å². The summed E-state index contributed by atoms with van der Waals surface area (Å²) in [5.74, 6) is 1.80. The fourth-order valence-electron chi connectivity index (χ4n) is 4.25. The summed E-state index contributed by atoms with van der Waals surface area (Å²) in [5, 5.41) is 2.37. The molecule has 0 spiro atoms. The molecule has 0 aliphatic heterocycles. The molecule has 0 aliphatic carbocycles. The van der Waals surface area contributed by atoms with Crippen molar-refractivity contribution in [2.45, 2.75) is 0 Å². The fourth-order valence-corrected chi connectivity index (χ4v) is 4.25. The van der Waals surface area contributed by atoms with Crippen LogP contribution >= 0.6 is 0 Å². The largest absolute Gasteiger partial charge is 0.294 e. The van der Waals surface area contributed by atoms with E-state index in [-0.39, 0.29) is 0 Å². The van der Waals surface area contributed by atoms with Gasteiger partial charge in [-0.25, -0.2) is 9.97 Å². The van der Waals surface area contributed by atoms with Gasteiger partial charge in [0.25, 0.3) is 0 Å². The van der Waals surface area contributed by atoms with E-state index in [2.05, 4.69) is 91.9 Å². The minimum absolute atomic E-state index is 0.901. The van der Waals surface area contributed by atoms with Gasteiger partial charge in [0.15, 0.2) is 0 Å². The molecule has 6 aromatic rings. The summed E-state index contributed by atoms with van der Waals surface area (Å²) in [7, 11) is 0. The van der Waals surface area contributed by atoms with E-state index < -0.39 is 0 Å². The topological polar surface area (TPSA) is 35.6 Å². The van der Waals surface area contributed by atoms with Crippen LogP contribution in [0.2, 0.25) is 0 Å². The normalized spacial score (nSPS) is 11.6. The van der Waals surface area contributed by atoms with Gasteiger partial charge in [-0.05, 0) is 60.7 Å². The van der Waals surface area contributed by atoms with Crippen LogP contribution in [-0.4, -0.2) is 19.1 Å². The van der Waals surface area contributed by atoms with Gasteiger partial charge in [0.05, 0.1) is 11.0 Å². The second-order valence-electron chi connectivity index (χ2n) is 7.64. The van der Waals surface area contributed by atoms with Crippen molar-refractivity contribution in [3.63, 3.8) is 0 Å². The first kappa shape index (κ1) is 18.3. The predicted octanol–water partition coefficient (Wildman–Crippen LogP) is 6.53. The second-order valence-corrected chi connectivity index (χ2v) is 7.64. The van der Waals surface area contributed by atoms with Crippen LogP contribution in [0.1, 0.15) is 11.4 Å². The first-order valence-electron chi connectivity index (χ1n) is 10.6. The number of pyridine rings is 2. The van der Waals surface area contributed by atoms with Crippen molar-refractivity contribution in [3.05, 3.63) is 121 Å². The zero-order valence-corrected chi connectivity index (χ0v) is 17.3. The number of aromatic nitrogens is 4. The van der Waals surface area contributed by atoms with E-state index in [1.807, 2.05) is 48.8 Å². The molecule has 6 rings (SSSR count). The highest BCUT2D eigenvalue weighted by molar-refractivity contribution is 5.89. The number of benzene rings is 2. The summed E-state index contributed by atoms with van der Waals surface area (Å²) >= 11 is 0. The van der Waals surface area contributed by atoms with Crippen molar-refractivity contribution in [1.82, 2.24) is 19.1 Å². The summed E-state index contributed by atoms with van der Waals surface area (Å²) in [6, 6.07) is 33.2. The molecule has 2 aromatic carbocycles. The number of hydrogen-bond acceptors (Lipinski definition) is 2. The van der Waals surface area contributed by atoms with Gasteiger partial charge in [0.2, 0.25) is 0 Å². The van der Waals surface area contributed by atoms with Gasteiger partial charge in [-0.15, -0.1) is 0 Å². The van der Waals surface area contributed by atoms with Crippen LogP contribution in [0.3, 0.4) is 0 Å². The Bertz CT molecular complexity index is 1440. The third-order valence-electron chi connectivity index (χ3n) is 5.66. The first-order chi connectivity index (χ1) is 15.9. The van der Waals surface area contributed by atoms with E-state index in [9.17, 15) is 0 Å². The Morgan fingerprint density at radius 2 is 0.938 bits per heavy atom. The number of hydrogen-bond donors (Lipinski definition) is 0. The molecule has 0 saturated carbocycles. The van der Waals surface area contributed by atoms with Crippen LogP contribution in [0.15, 0.2) is 109 Å². The van der Waals surface area contributed by atoms with E-state index >= 15 is 0 Å². The maximum absolute atomic E-state index is 4.60. The smallest absolute Gasteiger partial charge is 0.137 e. The molecule has 0 saturated heterocycles. The van der Waals surface area contributed by atoms with Crippen molar-refractivity contribution in [3.8, 4) is 11.6 Å². The maximum Gasteiger partial charge on any atom is 0.137 e. The highest BCUT2D eigenvalue weighted by atomic mass is 15.1. The minimum atomic E-state index is 0.901. The fraction of sp³-hybridized carbons (Fsp3) is 0. The molecule has 0 unspecified atom stereocenters. The van der Waals surface area contributed by atoms with Gasteiger partial charge in [0, 0.05) is 34.6 Å². The summed E-state index contributed by atoms with van der Waals surface area (Å²) in [4.78, 5) is 9.20. The van der Waals surface area contributed by atoms with E-state index in [1.165, 1.54) is 10.8 Å². The number of rotatable bonds is 4. The zero-order valence-electron chi connectivity index (χ0n) is 17.3. The van der Waals surface area contributed by atoms with Crippen LogP contribution in [0.4, 0.5) is 0 Å². The van der Waals surface area contributed by atoms with Crippen LogP contribution in [-0.2, 0) is 0 Å². The minimum Gasteiger partial charge on any atom is -0.294 e. The molecule has 32 heavy (non-hydrogen) atoms. The lowest BCUT2D eigenvalue weighted by molar-refractivity contribution is 1.03. The highest BCUT2D eigenvalue weighted by Gasteiger charge is 2.11. The maximum atomic E-state index is 4.60. The van der Waals surface area contributed by atoms with Crippen LogP contribution in [0.25, 0.3) is 45.6 Å². The van der Waals surface area contributed by atoms with Crippen LogP contribution in [0.5, 0.6) is 0 Å². The molecular formula is C28H20N4. The third kappa shape index (κ3) is 3.10. The van der Waals surface area contributed by atoms with Gasteiger partial charge >= 0.3 is 0 Å². The Morgan fingerprint density at radius 1 is 0.500 bits per heavy atom. The van der Waals surface area contributed by atoms with Crippen LogP contribution < -0.4 is 0 Å². The molecule has 0 radical (unpaired) electrons. The molecule has 152 valence electrons. The molecule has 0 fully saturated rings. The lowest BCUT2D eigenvalue weighted by atomic mass is 10.2. The molecule has 4 aromatic heterocycles. The van der Waals surface area contributed by atoms with Crippen molar-refractivity contribution >= 4 is 34.0 Å². The SMILES string of the molecule is C(=C\c1cc2ccccc2n1-c1ccccn1)/c1cc2ccccc2n1-c1ccccn1. The van der Waals surface area contributed by atoms with Gasteiger partial charge in [0.1, 0.15) is 11.6 Å². The van der Waals surface area contributed by atoms with Crippen molar-refractivity contribution in [2.24, 2.45) is 0 Å². The monoisotopic (exact) mass is 412 g/mol. The number of fused-ring (bicyclic) bond motifs is 2. The van der Waals surface area contributed by atoms with Crippen molar-refractivity contribution in [2.75, 3.05) is 0 Å². The summed E-state index contributed by atoms with van der Waals surface area (Å²) in [5.41, 5.74) is 4.41. The Balaban J connectivity index is 1.54. The summed E-state index contributed by atoms with van der Waals surface area (Å²) in [6.45, 7) is 0. The number of nitrogens with zero attached hydrogens (tertiary/aromatic N) is 4. The Morgan fingerprint density at radius 3 is 1.38 bits per heavy atom. The van der Waals surface area contributed by atoms with Gasteiger partial charge < -0.3 is 0 Å². The average molecular weight is 412 g/mol. The van der Waals surface area contributed by atoms with Crippen LogP contribution in [0, 0.1) is 0 Å². The molecule has 4 heteroatoms. The standard InChI is InChI=1S/C28H20N4/c1-3-11-25-21(9-1)19-23(31(25)27-13-5-7-17-29-27)15-16-24-20-22-10-2-4-12-26(22)32(24)28-14-6-8-18-30-28/h1-20H/b16-15+.